The van der Waals surface area contributed by atoms with Crippen LogP contribution in [0.15, 0.2) is 23.1 Å². The van der Waals surface area contributed by atoms with Crippen LogP contribution in [0.3, 0.4) is 0 Å². The molecule has 1 unspecified atom stereocenters. The Hall–Kier alpha value is -3.08. The SMILES string of the molecule is CCc1c2c(nc3ncc(CC(C)(C)[Si](C)(C)O)cc13)-c1cc3c(c(=O)n1C2)COC(=O)C3(CC)OC(=O)Cl. The van der Waals surface area contributed by atoms with Crippen LogP contribution in [0.5, 0.6) is 0 Å². The van der Waals surface area contributed by atoms with Crippen LogP contribution in [0.1, 0.15) is 61.9 Å². The molecule has 1 atom stereocenters. The second-order valence-corrected chi connectivity index (χ2v) is 16.3. The minimum Gasteiger partial charge on any atom is -0.457 e. The molecule has 1 N–H and O–H groups in total. The molecule has 0 amide bonds. The van der Waals surface area contributed by atoms with E-state index in [9.17, 15) is 19.2 Å². The fraction of sp³-hybridized carbons (Fsp3) is 0.464. The maximum atomic E-state index is 13.7. The zero-order valence-corrected chi connectivity index (χ0v) is 24.7. The van der Waals surface area contributed by atoms with Crippen molar-refractivity contribution in [2.75, 3.05) is 0 Å². The van der Waals surface area contributed by atoms with Crippen molar-refractivity contribution in [1.29, 1.82) is 0 Å². The van der Waals surface area contributed by atoms with Crippen LogP contribution in [0.25, 0.3) is 22.4 Å². The zero-order valence-electron chi connectivity index (χ0n) is 23.0. The smallest absolute Gasteiger partial charge is 0.405 e. The summed E-state index contributed by atoms with van der Waals surface area (Å²) in [6.45, 7) is 11.9. The first-order chi connectivity index (χ1) is 18.2. The first-order valence-corrected chi connectivity index (χ1v) is 16.4. The Morgan fingerprint density at radius 2 is 1.97 bits per heavy atom. The summed E-state index contributed by atoms with van der Waals surface area (Å²) in [7, 11) is -2.42. The number of aromatic nitrogens is 3. The number of hydrogen-bond acceptors (Lipinski definition) is 8. The van der Waals surface area contributed by atoms with Gasteiger partial charge in [-0.15, -0.1) is 0 Å². The molecule has 0 aliphatic carbocycles. The van der Waals surface area contributed by atoms with Gasteiger partial charge in [-0.05, 0) is 60.7 Å². The highest BCUT2D eigenvalue weighted by Gasteiger charge is 2.50. The predicted molar refractivity (Wildman–Crippen MR) is 149 cm³/mol. The summed E-state index contributed by atoms with van der Waals surface area (Å²) < 4.78 is 12.2. The normalized spacial score (nSPS) is 18.4. The fourth-order valence-corrected chi connectivity index (χ4v) is 6.37. The third-order valence-corrected chi connectivity index (χ3v) is 12.2. The van der Waals surface area contributed by atoms with E-state index in [4.69, 9.17) is 26.1 Å². The van der Waals surface area contributed by atoms with E-state index in [1.807, 2.05) is 13.1 Å². The number of cyclic esters (lactones) is 1. The molecule has 39 heavy (non-hydrogen) atoms. The number of hydrogen-bond donors (Lipinski definition) is 1. The molecular weight excluding hydrogens is 538 g/mol. The van der Waals surface area contributed by atoms with Crippen molar-refractivity contribution in [2.45, 2.75) is 83.8 Å². The van der Waals surface area contributed by atoms with Gasteiger partial charge in [-0.2, -0.15) is 0 Å². The lowest BCUT2D eigenvalue weighted by atomic mass is 9.85. The van der Waals surface area contributed by atoms with Crippen LogP contribution < -0.4 is 5.56 Å². The van der Waals surface area contributed by atoms with Gasteiger partial charge in [0.1, 0.15) is 6.61 Å². The maximum Gasteiger partial charge on any atom is 0.405 e. The summed E-state index contributed by atoms with van der Waals surface area (Å²) in [5.41, 5.74) is 1.93. The van der Waals surface area contributed by atoms with Gasteiger partial charge in [0.05, 0.1) is 23.5 Å². The Bertz CT molecular complexity index is 1610. The lowest BCUT2D eigenvalue weighted by molar-refractivity contribution is -0.171. The summed E-state index contributed by atoms with van der Waals surface area (Å²) in [6.07, 6.45) is 3.23. The number of pyridine rings is 3. The van der Waals surface area contributed by atoms with E-state index in [2.05, 4.69) is 31.8 Å². The summed E-state index contributed by atoms with van der Waals surface area (Å²) in [6, 6.07) is 3.80. The van der Waals surface area contributed by atoms with E-state index in [0.29, 0.717) is 36.4 Å². The molecule has 5 heterocycles. The Labute approximate surface area is 232 Å². The van der Waals surface area contributed by atoms with Gasteiger partial charge in [0.15, 0.2) is 14.0 Å². The molecule has 2 aliphatic heterocycles. The molecular formula is C28H32ClN3O6Si. The van der Waals surface area contributed by atoms with Gasteiger partial charge in [-0.25, -0.2) is 19.6 Å². The number of nitrogens with zero attached hydrogens (tertiary/aromatic N) is 3. The van der Waals surface area contributed by atoms with E-state index in [-0.39, 0.29) is 34.8 Å². The first-order valence-electron chi connectivity index (χ1n) is 13.1. The van der Waals surface area contributed by atoms with Gasteiger partial charge in [-0.1, -0.05) is 27.7 Å². The molecule has 0 spiro atoms. The third-order valence-electron chi connectivity index (χ3n) is 8.60. The highest BCUT2D eigenvalue weighted by Crippen LogP contribution is 2.43. The second-order valence-electron chi connectivity index (χ2n) is 11.5. The van der Waals surface area contributed by atoms with Crippen molar-refractivity contribution in [2.24, 2.45) is 0 Å². The largest absolute Gasteiger partial charge is 0.457 e. The summed E-state index contributed by atoms with van der Waals surface area (Å²) in [4.78, 5) is 58.7. The molecule has 0 radical (unpaired) electrons. The van der Waals surface area contributed by atoms with Gasteiger partial charge in [0.2, 0.25) is 5.60 Å². The van der Waals surface area contributed by atoms with E-state index in [0.717, 1.165) is 22.1 Å². The Kier molecular flexibility index (Phi) is 6.51. The van der Waals surface area contributed by atoms with Crippen LogP contribution in [0, 0.1) is 0 Å². The molecule has 0 fully saturated rings. The predicted octanol–water partition coefficient (Wildman–Crippen LogP) is 4.94. The molecule has 3 aromatic rings. The number of ether oxygens (including phenoxy) is 2. The van der Waals surface area contributed by atoms with Crippen molar-refractivity contribution in [1.82, 2.24) is 14.5 Å². The van der Waals surface area contributed by atoms with Gasteiger partial charge in [0, 0.05) is 34.3 Å². The average molecular weight is 570 g/mol. The Morgan fingerprint density at radius 1 is 1.26 bits per heavy atom. The Balaban J connectivity index is 1.70. The lowest BCUT2D eigenvalue weighted by Gasteiger charge is -2.35. The fourth-order valence-electron chi connectivity index (χ4n) is 5.61. The number of fused-ring (bicyclic) bond motifs is 5. The number of carbonyl (C=O) groups is 2. The van der Waals surface area contributed by atoms with Crippen LogP contribution in [-0.2, 0) is 45.9 Å². The van der Waals surface area contributed by atoms with Crippen molar-refractivity contribution in [3.8, 4) is 11.4 Å². The topological polar surface area (TPSA) is 121 Å². The van der Waals surface area contributed by atoms with Gasteiger partial charge >= 0.3 is 11.4 Å². The second kappa shape index (κ2) is 9.24. The molecule has 5 rings (SSSR count). The van der Waals surface area contributed by atoms with Crippen LogP contribution in [-0.4, -0.2) is 39.0 Å². The maximum absolute atomic E-state index is 13.7. The van der Waals surface area contributed by atoms with Crippen molar-refractivity contribution < 1.29 is 23.9 Å². The summed E-state index contributed by atoms with van der Waals surface area (Å²) in [5, 5.41) is 0.671. The van der Waals surface area contributed by atoms with E-state index < -0.39 is 25.3 Å². The highest BCUT2D eigenvalue weighted by atomic mass is 35.5. The highest BCUT2D eigenvalue weighted by molar-refractivity contribution is 6.72. The summed E-state index contributed by atoms with van der Waals surface area (Å²) in [5.74, 6) is -0.763. The molecule has 0 bridgehead atoms. The van der Waals surface area contributed by atoms with E-state index in [1.54, 1.807) is 23.8 Å². The molecule has 0 saturated heterocycles. The number of aryl methyl sites for hydroxylation is 1. The van der Waals surface area contributed by atoms with Gasteiger partial charge in [-0.3, -0.25) is 4.79 Å². The number of carbonyl (C=O) groups excluding carboxylic acids is 2. The molecule has 9 nitrogen and oxygen atoms in total. The standard InChI is InChI=1S/C28H32ClN3O6Si/c1-7-16-17-9-15(11-27(3,4)39(5,6)36)12-30-23(17)31-22-18(16)13-32-21(22)10-20-19(24(32)33)14-37-25(34)28(20,8-2)38-26(29)35/h9-10,12,36H,7-8,11,13-14H2,1-6H3. The number of halogens is 1. The Morgan fingerprint density at radius 3 is 2.59 bits per heavy atom. The van der Waals surface area contributed by atoms with Crippen molar-refractivity contribution in [3.05, 3.63) is 56.5 Å². The quantitative estimate of drug-likeness (QED) is 0.197. The van der Waals surface area contributed by atoms with Crippen LogP contribution in [0.2, 0.25) is 18.1 Å². The number of esters is 1. The first kappa shape index (κ1) is 27.5. The minimum absolute atomic E-state index is 0.0482. The monoisotopic (exact) mass is 569 g/mol. The number of rotatable bonds is 6. The van der Waals surface area contributed by atoms with E-state index >= 15 is 0 Å². The third kappa shape index (κ3) is 4.20. The summed E-state index contributed by atoms with van der Waals surface area (Å²) >= 11 is 5.55. The van der Waals surface area contributed by atoms with Gasteiger partial charge in [0.25, 0.3) is 5.56 Å². The molecule has 0 aromatic carbocycles. The lowest BCUT2D eigenvalue weighted by Crippen LogP contribution is -2.46. The average Bonchev–Trinajstić information content (AvgIpc) is 3.22. The molecule has 3 aromatic heterocycles. The zero-order chi connectivity index (χ0) is 28.5. The van der Waals surface area contributed by atoms with E-state index in [1.165, 1.54) is 0 Å². The molecule has 11 heteroatoms. The van der Waals surface area contributed by atoms with Gasteiger partial charge < -0.3 is 18.8 Å². The van der Waals surface area contributed by atoms with Crippen molar-refractivity contribution in [3.63, 3.8) is 0 Å². The molecule has 2 aliphatic rings. The van der Waals surface area contributed by atoms with Crippen molar-refractivity contribution >= 4 is 42.3 Å². The minimum atomic E-state index is -2.42. The molecule has 0 saturated carbocycles. The van der Waals surface area contributed by atoms with Crippen LogP contribution in [0.4, 0.5) is 4.79 Å². The van der Waals surface area contributed by atoms with Crippen LogP contribution >= 0.6 is 11.6 Å². The molecule has 206 valence electrons.